The van der Waals surface area contributed by atoms with Crippen LogP contribution in [0.15, 0.2) is 45.7 Å². The van der Waals surface area contributed by atoms with E-state index in [4.69, 9.17) is 0 Å². The average Bonchev–Trinajstić information content (AvgIpc) is 3.01. The minimum Gasteiger partial charge on any atom is -0.506 e. The van der Waals surface area contributed by atoms with Gasteiger partial charge in [-0.25, -0.2) is 9.38 Å². The van der Waals surface area contributed by atoms with Gasteiger partial charge in [-0.2, -0.15) is 0 Å². The molecule has 0 radical (unpaired) electrons. The van der Waals surface area contributed by atoms with E-state index in [1.165, 1.54) is 11.3 Å². The summed E-state index contributed by atoms with van der Waals surface area (Å²) in [6, 6.07) is 11.2. The number of hydrogen-bond acceptors (Lipinski definition) is 4. The largest absolute Gasteiger partial charge is 0.506 e. The molecule has 0 aliphatic heterocycles. The molecule has 4 nitrogen and oxygen atoms in total. The van der Waals surface area contributed by atoms with Gasteiger partial charge in [-0.3, -0.25) is 4.79 Å². The van der Waals surface area contributed by atoms with Crippen molar-refractivity contribution in [2.75, 3.05) is 0 Å². The van der Waals surface area contributed by atoms with Crippen LogP contribution >= 0.6 is 49.9 Å². The van der Waals surface area contributed by atoms with Crippen molar-refractivity contribution >= 4 is 71.9 Å². The number of phenolic OH excluding ortho intramolecular Hbond substituents is 1. The van der Waals surface area contributed by atoms with Crippen LogP contribution in [-0.4, -0.2) is 14.5 Å². The quantitative estimate of drug-likeness (QED) is 0.408. The van der Waals surface area contributed by atoms with Gasteiger partial charge in [-0.15, -0.1) is 0 Å². The number of imidazole rings is 1. The molecular weight excluding hydrogens is 491 g/mol. The number of benzene rings is 2. The lowest BCUT2D eigenvalue weighted by atomic mass is 10.2. The van der Waals surface area contributed by atoms with Crippen LogP contribution in [0.25, 0.3) is 22.1 Å². The smallest absolute Gasteiger partial charge is 0.274 e. The number of fused-ring (bicyclic) bond motifs is 3. The van der Waals surface area contributed by atoms with Gasteiger partial charge in [-0.05, 0) is 68.9 Å². The second kappa shape index (κ2) is 5.57. The number of para-hydroxylation sites is 2. The zero-order valence-electron chi connectivity index (χ0n) is 11.5. The summed E-state index contributed by atoms with van der Waals surface area (Å²) >= 11 is 6.81. The van der Waals surface area contributed by atoms with Gasteiger partial charge in [0.15, 0.2) is 4.96 Å². The van der Waals surface area contributed by atoms with Crippen LogP contribution in [0.1, 0.15) is 5.56 Å². The lowest BCUT2D eigenvalue weighted by Crippen LogP contribution is -2.22. The molecule has 2 aromatic carbocycles. The van der Waals surface area contributed by atoms with Crippen molar-refractivity contribution in [3.63, 3.8) is 0 Å². The van der Waals surface area contributed by atoms with Crippen LogP contribution < -0.4 is 10.1 Å². The van der Waals surface area contributed by atoms with E-state index < -0.39 is 0 Å². The van der Waals surface area contributed by atoms with E-state index in [1.807, 2.05) is 36.4 Å². The molecule has 0 amide bonds. The Bertz CT molecular complexity index is 1180. The summed E-state index contributed by atoms with van der Waals surface area (Å²) in [6.45, 7) is 0. The highest BCUT2D eigenvalue weighted by Crippen LogP contribution is 2.30. The van der Waals surface area contributed by atoms with Crippen molar-refractivity contribution in [2.45, 2.75) is 0 Å². The maximum atomic E-state index is 12.7. The second-order valence-electron chi connectivity index (χ2n) is 4.96. The van der Waals surface area contributed by atoms with E-state index >= 15 is 0 Å². The minimum absolute atomic E-state index is 0.118. The summed E-state index contributed by atoms with van der Waals surface area (Å²) in [7, 11) is 0. The van der Waals surface area contributed by atoms with Crippen LogP contribution in [0.4, 0.5) is 0 Å². The molecule has 2 heterocycles. The van der Waals surface area contributed by atoms with Gasteiger partial charge in [0.1, 0.15) is 5.75 Å². The molecule has 0 saturated carbocycles. The summed E-state index contributed by atoms with van der Waals surface area (Å²) in [5.41, 5.74) is 2.10. The Morgan fingerprint density at radius 2 is 2.09 bits per heavy atom. The predicted octanol–water partition coefficient (Wildman–Crippen LogP) is 3.53. The van der Waals surface area contributed by atoms with Gasteiger partial charge < -0.3 is 5.11 Å². The standard InChI is InChI=1S/C16H8BrIN2O2S/c17-10-7-9(18)5-8(14(10)21)6-13-15(22)20-12-4-2-1-3-11(12)19-16(20)23-13/h1-7,21H. The molecule has 0 bridgehead atoms. The lowest BCUT2D eigenvalue weighted by molar-refractivity contribution is 0.470. The predicted molar refractivity (Wildman–Crippen MR) is 104 cm³/mol. The van der Waals surface area contributed by atoms with Gasteiger partial charge in [-0.1, -0.05) is 23.5 Å². The molecule has 0 saturated heterocycles. The third kappa shape index (κ3) is 2.47. The van der Waals surface area contributed by atoms with Gasteiger partial charge >= 0.3 is 0 Å². The molecule has 0 unspecified atom stereocenters. The monoisotopic (exact) mass is 498 g/mol. The number of phenols is 1. The van der Waals surface area contributed by atoms with E-state index in [9.17, 15) is 9.90 Å². The molecular formula is C16H8BrIN2O2S. The van der Waals surface area contributed by atoms with Crippen molar-refractivity contribution in [2.24, 2.45) is 0 Å². The first kappa shape index (κ1) is 15.1. The third-order valence-electron chi connectivity index (χ3n) is 3.49. The van der Waals surface area contributed by atoms with Crippen molar-refractivity contribution in [3.05, 3.63) is 64.9 Å². The number of halogens is 2. The average molecular weight is 499 g/mol. The first-order valence-electron chi connectivity index (χ1n) is 6.64. The fraction of sp³-hybridized carbons (Fsp3) is 0. The molecule has 7 heteroatoms. The molecule has 0 spiro atoms. The molecule has 1 N–H and O–H groups in total. The summed E-state index contributed by atoms with van der Waals surface area (Å²) in [5, 5.41) is 10.2. The van der Waals surface area contributed by atoms with Crippen molar-refractivity contribution in [3.8, 4) is 5.75 Å². The molecule has 0 aliphatic carbocycles. The van der Waals surface area contributed by atoms with Crippen LogP contribution in [0.2, 0.25) is 0 Å². The molecule has 0 aliphatic rings. The Kier molecular flexibility index (Phi) is 3.66. The summed E-state index contributed by atoms with van der Waals surface area (Å²) in [6.07, 6.45) is 1.71. The second-order valence-corrected chi connectivity index (χ2v) is 8.07. The fourth-order valence-electron chi connectivity index (χ4n) is 2.45. The molecule has 23 heavy (non-hydrogen) atoms. The fourth-order valence-corrected chi connectivity index (χ4v) is 4.98. The Morgan fingerprint density at radius 1 is 1.30 bits per heavy atom. The maximum Gasteiger partial charge on any atom is 0.274 e. The van der Waals surface area contributed by atoms with Crippen LogP contribution in [0.5, 0.6) is 5.75 Å². The lowest BCUT2D eigenvalue weighted by Gasteiger charge is -2.02. The van der Waals surface area contributed by atoms with Gasteiger partial charge in [0.25, 0.3) is 5.56 Å². The number of aromatic nitrogens is 2. The zero-order chi connectivity index (χ0) is 16.1. The Hall–Kier alpha value is -1.45. The molecule has 4 aromatic rings. The zero-order valence-corrected chi connectivity index (χ0v) is 16.0. The summed E-state index contributed by atoms with van der Waals surface area (Å²) in [5.74, 6) is 0.126. The molecule has 4 rings (SSSR count). The minimum atomic E-state index is -0.118. The number of hydrogen-bond donors (Lipinski definition) is 1. The Labute approximate surface area is 156 Å². The number of thiazole rings is 1. The topological polar surface area (TPSA) is 54.6 Å². The van der Waals surface area contributed by atoms with E-state index in [0.29, 0.717) is 19.5 Å². The first-order valence-corrected chi connectivity index (χ1v) is 9.33. The molecule has 0 fully saturated rings. The normalized spacial score (nSPS) is 12.5. The Balaban J connectivity index is 2.04. The van der Waals surface area contributed by atoms with Gasteiger partial charge in [0.2, 0.25) is 0 Å². The first-order chi connectivity index (χ1) is 11.0. The SMILES string of the molecule is O=c1c(=Cc2cc(I)cc(Br)c2O)sc2nc3ccccc3n12. The highest BCUT2D eigenvalue weighted by molar-refractivity contribution is 14.1. The highest BCUT2D eigenvalue weighted by atomic mass is 127. The Morgan fingerprint density at radius 3 is 2.91 bits per heavy atom. The van der Waals surface area contributed by atoms with Gasteiger partial charge in [0, 0.05) is 9.13 Å². The third-order valence-corrected chi connectivity index (χ3v) is 5.69. The maximum absolute atomic E-state index is 12.7. The highest BCUT2D eigenvalue weighted by Gasteiger charge is 2.12. The van der Waals surface area contributed by atoms with Crippen molar-refractivity contribution in [1.82, 2.24) is 9.38 Å². The van der Waals surface area contributed by atoms with Crippen LogP contribution in [0.3, 0.4) is 0 Å². The van der Waals surface area contributed by atoms with Crippen molar-refractivity contribution < 1.29 is 5.11 Å². The van der Waals surface area contributed by atoms with Crippen LogP contribution in [-0.2, 0) is 0 Å². The van der Waals surface area contributed by atoms with Crippen molar-refractivity contribution in [1.29, 1.82) is 0 Å². The van der Waals surface area contributed by atoms with Gasteiger partial charge in [0.05, 0.1) is 20.0 Å². The summed E-state index contributed by atoms with van der Waals surface area (Å²) in [4.78, 5) is 17.8. The van der Waals surface area contributed by atoms with E-state index in [2.05, 4.69) is 43.5 Å². The molecule has 0 atom stereocenters. The van der Waals surface area contributed by atoms with E-state index in [-0.39, 0.29) is 11.3 Å². The van der Waals surface area contributed by atoms with E-state index in [1.54, 1.807) is 10.5 Å². The summed E-state index contributed by atoms with van der Waals surface area (Å²) < 4.78 is 3.74. The number of rotatable bonds is 1. The number of aromatic hydroxyl groups is 1. The number of nitrogens with zero attached hydrogens (tertiary/aromatic N) is 2. The molecule has 114 valence electrons. The van der Waals surface area contributed by atoms with Crippen LogP contribution in [0, 0.1) is 3.57 Å². The van der Waals surface area contributed by atoms with E-state index in [0.717, 1.165) is 14.6 Å². The molecule has 2 aromatic heterocycles.